The van der Waals surface area contributed by atoms with Gasteiger partial charge < -0.3 is 14.6 Å². The maximum Gasteiger partial charge on any atom is 0.261 e. The zero-order valence-corrected chi connectivity index (χ0v) is 15.9. The van der Waals surface area contributed by atoms with Crippen molar-refractivity contribution >= 4 is 11.6 Å². The van der Waals surface area contributed by atoms with Crippen molar-refractivity contribution in [1.29, 1.82) is 0 Å². The van der Waals surface area contributed by atoms with Gasteiger partial charge in [0.25, 0.3) is 5.91 Å². The van der Waals surface area contributed by atoms with Gasteiger partial charge in [0.15, 0.2) is 0 Å². The molecule has 0 fully saturated rings. The number of amides is 1. The van der Waals surface area contributed by atoms with Gasteiger partial charge in [0, 0.05) is 23.5 Å². The summed E-state index contributed by atoms with van der Waals surface area (Å²) in [5.74, 6) is 0.393. The van der Waals surface area contributed by atoms with E-state index < -0.39 is 0 Å². The summed E-state index contributed by atoms with van der Waals surface area (Å²) < 4.78 is 10.7. The van der Waals surface area contributed by atoms with E-state index in [9.17, 15) is 4.79 Å². The predicted molar refractivity (Wildman–Crippen MR) is 109 cm³/mol. The van der Waals surface area contributed by atoms with Crippen LogP contribution in [-0.4, -0.2) is 28.1 Å². The Hall–Kier alpha value is -4.00. The lowest BCUT2D eigenvalue weighted by Crippen LogP contribution is -2.14. The van der Waals surface area contributed by atoms with Gasteiger partial charge in [0.2, 0.25) is 5.88 Å². The molecule has 4 aromatic rings. The zero-order valence-electron chi connectivity index (χ0n) is 15.9. The van der Waals surface area contributed by atoms with Crippen LogP contribution in [-0.2, 0) is 0 Å². The second-order valence-electron chi connectivity index (χ2n) is 6.27. The fourth-order valence-corrected chi connectivity index (χ4v) is 2.99. The van der Waals surface area contributed by atoms with E-state index >= 15 is 0 Å². The topological polar surface area (TPSA) is 90.1 Å². The Bertz CT molecular complexity index is 1140. The molecule has 29 heavy (non-hydrogen) atoms. The van der Waals surface area contributed by atoms with E-state index in [2.05, 4.69) is 20.4 Å². The molecule has 144 valence electrons. The summed E-state index contributed by atoms with van der Waals surface area (Å²) in [5, 5.41) is 6.91. The van der Waals surface area contributed by atoms with Crippen LogP contribution in [0.25, 0.3) is 22.5 Å². The molecule has 0 bridgehead atoms. The lowest BCUT2D eigenvalue weighted by molar-refractivity contribution is 0.102. The minimum Gasteiger partial charge on any atom is -0.479 e. The molecular formula is C22H18N4O3. The van der Waals surface area contributed by atoms with Crippen molar-refractivity contribution in [2.24, 2.45) is 0 Å². The molecular weight excluding hydrogens is 368 g/mol. The van der Waals surface area contributed by atoms with Gasteiger partial charge in [-0.3, -0.25) is 9.78 Å². The molecule has 7 nitrogen and oxygen atoms in total. The van der Waals surface area contributed by atoms with Gasteiger partial charge in [-0.2, -0.15) is 0 Å². The van der Waals surface area contributed by atoms with E-state index in [4.69, 9.17) is 9.26 Å². The third-order valence-corrected chi connectivity index (χ3v) is 4.41. The highest BCUT2D eigenvalue weighted by molar-refractivity contribution is 6.09. The molecule has 3 aromatic heterocycles. The summed E-state index contributed by atoms with van der Waals surface area (Å²) in [6.07, 6.45) is 3.39. The maximum atomic E-state index is 13.0. The molecule has 0 aliphatic rings. The van der Waals surface area contributed by atoms with Crippen LogP contribution in [0.15, 0.2) is 71.5 Å². The first-order chi connectivity index (χ1) is 14.2. The van der Waals surface area contributed by atoms with Gasteiger partial charge in [-0.05, 0) is 31.2 Å². The Morgan fingerprint density at radius 3 is 2.48 bits per heavy atom. The van der Waals surface area contributed by atoms with Crippen molar-refractivity contribution in [1.82, 2.24) is 15.1 Å². The molecule has 3 heterocycles. The number of rotatable bonds is 5. The summed E-state index contributed by atoms with van der Waals surface area (Å²) in [4.78, 5) is 21.5. The van der Waals surface area contributed by atoms with Crippen molar-refractivity contribution in [3.05, 3.63) is 78.3 Å². The smallest absolute Gasteiger partial charge is 0.261 e. The Morgan fingerprint density at radius 2 is 1.76 bits per heavy atom. The SMILES string of the molecule is COc1nc(-c2ccncc2)ccc1NC(=O)c1c(-c2ccccc2)noc1C. The Balaban J connectivity index is 1.65. The van der Waals surface area contributed by atoms with E-state index in [1.807, 2.05) is 48.5 Å². The van der Waals surface area contributed by atoms with Gasteiger partial charge >= 0.3 is 0 Å². The summed E-state index contributed by atoms with van der Waals surface area (Å²) in [6.45, 7) is 1.70. The van der Waals surface area contributed by atoms with Crippen LogP contribution in [0, 0.1) is 6.92 Å². The summed E-state index contributed by atoms with van der Waals surface area (Å²) in [7, 11) is 1.51. The summed E-state index contributed by atoms with van der Waals surface area (Å²) in [5.41, 5.74) is 3.73. The molecule has 7 heteroatoms. The fraction of sp³-hybridized carbons (Fsp3) is 0.0909. The molecule has 0 saturated heterocycles. The quantitative estimate of drug-likeness (QED) is 0.548. The molecule has 0 unspecified atom stereocenters. The van der Waals surface area contributed by atoms with E-state index in [1.165, 1.54) is 7.11 Å². The third-order valence-electron chi connectivity index (χ3n) is 4.41. The van der Waals surface area contributed by atoms with E-state index in [0.717, 1.165) is 11.1 Å². The first-order valence-corrected chi connectivity index (χ1v) is 8.96. The van der Waals surface area contributed by atoms with Crippen molar-refractivity contribution in [2.75, 3.05) is 12.4 Å². The van der Waals surface area contributed by atoms with Crippen molar-refractivity contribution in [3.8, 4) is 28.4 Å². The van der Waals surface area contributed by atoms with Crippen LogP contribution in [0.2, 0.25) is 0 Å². The molecule has 0 saturated carbocycles. The van der Waals surface area contributed by atoms with Crippen molar-refractivity contribution in [3.63, 3.8) is 0 Å². The van der Waals surface area contributed by atoms with Gasteiger partial charge in [-0.25, -0.2) is 4.98 Å². The lowest BCUT2D eigenvalue weighted by atomic mass is 10.1. The number of methoxy groups -OCH3 is 1. The third kappa shape index (κ3) is 3.70. The van der Waals surface area contributed by atoms with Crippen molar-refractivity contribution < 1.29 is 14.1 Å². The molecule has 1 aromatic carbocycles. The molecule has 0 spiro atoms. The molecule has 0 aliphatic heterocycles. The van der Waals surface area contributed by atoms with Crippen LogP contribution in [0.4, 0.5) is 5.69 Å². The minimum atomic E-state index is -0.348. The van der Waals surface area contributed by atoms with Gasteiger partial charge in [-0.1, -0.05) is 35.5 Å². The Labute approximate surface area is 167 Å². The van der Waals surface area contributed by atoms with Crippen LogP contribution in [0.1, 0.15) is 16.1 Å². The standard InChI is InChI=1S/C22H18N4O3/c1-14-19(20(26-29-14)16-6-4-3-5-7-16)21(27)24-18-9-8-17(25-22(18)28-2)15-10-12-23-13-11-15/h3-13H,1-2H3,(H,24,27). The fourth-order valence-electron chi connectivity index (χ4n) is 2.99. The number of aromatic nitrogens is 3. The monoisotopic (exact) mass is 386 g/mol. The first kappa shape index (κ1) is 18.4. The van der Waals surface area contributed by atoms with E-state index in [1.54, 1.807) is 25.4 Å². The average molecular weight is 386 g/mol. The van der Waals surface area contributed by atoms with Crippen LogP contribution in [0.3, 0.4) is 0 Å². The van der Waals surface area contributed by atoms with Crippen molar-refractivity contribution in [2.45, 2.75) is 6.92 Å². The number of carbonyl (C=O) groups is 1. The van der Waals surface area contributed by atoms with E-state index in [-0.39, 0.29) is 5.91 Å². The average Bonchev–Trinajstić information content (AvgIpc) is 3.16. The normalized spacial score (nSPS) is 10.6. The first-order valence-electron chi connectivity index (χ1n) is 8.96. The largest absolute Gasteiger partial charge is 0.479 e. The summed E-state index contributed by atoms with van der Waals surface area (Å²) >= 11 is 0. The van der Waals surface area contributed by atoms with E-state index in [0.29, 0.717) is 34.3 Å². The molecule has 0 aliphatic carbocycles. The number of pyridine rings is 2. The highest BCUT2D eigenvalue weighted by atomic mass is 16.5. The summed E-state index contributed by atoms with van der Waals surface area (Å²) in [6, 6.07) is 16.7. The second kappa shape index (κ2) is 7.93. The highest BCUT2D eigenvalue weighted by Crippen LogP contribution is 2.29. The van der Waals surface area contributed by atoms with Gasteiger partial charge in [0.05, 0.1) is 12.8 Å². The lowest BCUT2D eigenvalue weighted by Gasteiger charge is -2.11. The number of anilines is 1. The number of nitrogens with zero attached hydrogens (tertiary/aromatic N) is 3. The van der Waals surface area contributed by atoms with Crippen LogP contribution >= 0.6 is 0 Å². The molecule has 1 N–H and O–H groups in total. The second-order valence-corrected chi connectivity index (χ2v) is 6.27. The Morgan fingerprint density at radius 1 is 1.00 bits per heavy atom. The minimum absolute atomic E-state index is 0.308. The zero-order chi connectivity index (χ0) is 20.2. The molecule has 1 amide bonds. The van der Waals surface area contributed by atoms with Crippen LogP contribution < -0.4 is 10.1 Å². The number of hydrogen-bond donors (Lipinski definition) is 1. The molecule has 4 rings (SSSR count). The van der Waals surface area contributed by atoms with Crippen LogP contribution in [0.5, 0.6) is 5.88 Å². The highest BCUT2D eigenvalue weighted by Gasteiger charge is 2.23. The number of nitrogens with one attached hydrogen (secondary N) is 1. The van der Waals surface area contributed by atoms with Gasteiger partial charge in [0.1, 0.15) is 22.7 Å². The molecule has 0 atom stereocenters. The maximum absolute atomic E-state index is 13.0. The Kier molecular flexibility index (Phi) is 5.03. The van der Waals surface area contributed by atoms with Gasteiger partial charge in [-0.15, -0.1) is 0 Å². The number of ether oxygens (including phenoxy) is 1. The molecule has 0 radical (unpaired) electrons. The number of hydrogen-bond acceptors (Lipinski definition) is 6. The number of aryl methyl sites for hydroxylation is 1. The number of benzene rings is 1. The predicted octanol–water partition coefficient (Wildman–Crippen LogP) is 4.37. The number of carbonyl (C=O) groups excluding carboxylic acids is 1.